The number of carbonyl (C=O) groups excluding carboxylic acids is 1. The molecule has 1 saturated heterocycles. The summed E-state index contributed by atoms with van der Waals surface area (Å²) in [4.78, 5) is 18.7. The second-order valence-electron chi connectivity index (χ2n) is 6.24. The number of guanidine groups is 1. The van der Waals surface area contributed by atoms with Crippen molar-refractivity contribution in [2.24, 2.45) is 4.99 Å². The molecule has 140 valence electrons. The standard InChI is InChI=1S/C17H25ClN4OS.HI/c1-17(2)12-22(10-11-24-17)16(19-3)21-9-8-20-15(23)13-6-4-5-7-14(13)18;/h4-7H,8-12H2,1-3H3,(H,19,21)(H,20,23);1H. The molecule has 0 saturated carbocycles. The Kier molecular flexibility index (Phi) is 9.37. The first-order valence-electron chi connectivity index (χ1n) is 8.05. The quantitative estimate of drug-likeness (QED) is 0.291. The Bertz CT molecular complexity index is 612. The van der Waals surface area contributed by atoms with Crippen LogP contribution in [0.25, 0.3) is 0 Å². The lowest BCUT2D eigenvalue weighted by Gasteiger charge is -2.39. The molecule has 5 nitrogen and oxygen atoms in total. The zero-order valence-corrected chi connectivity index (χ0v) is 18.7. The molecule has 2 rings (SSSR count). The number of aliphatic imine (C=N–C) groups is 1. The second-order valence-corrected chi connectivity index (χ2v) is 8.45. The molecule has 0 spiro atoms. The van der Waals surface area contributed by atoms with Crippen molar-refractivity contribution in [2.45, 2.75) is 18.6 Å². The van der Waals surface area contributed by atoms with Gasteiger partial charge in [-0.1, -0.05) is 23.7 Å². The van der Waals surface area contributed by atoms with Crippen molar-refractivity contribution in [3.05, 3.63) is 34.9 Å². The highest BCUT2D eigenvalue weighted by atomic mass is 127. The van der Waals surface area contributed by atoms with E-state index in [0.717, 1.165) is 24.8 Å². The summed E-state index contributed by atoms with van der Waals surface area (Å²) >= 11 is 8.02. The normalized spacial score (nSPS) is 16.8. The number of halogens is 2. The van der Waals surface area contributed by atoms with Crippen LogP contribution in [0.3, 0.4) is 0 Å². The Balaban J connectivity index is 0.00000312. The SMILES string of the molecule is CN=C(NCCNC(=O)c1ccccc1Cl)N1CCSC(C)(C)C1.I. The number of rotatable bonds is 4. The van der Waals surface area contributed by atoms with E-state index in [1.54, 1.807) is 25.2 Å². The number of carbonyl (C=O) groups is 1. The smallest absolute Gasteiger partial charge is 0.252 e. The van der Waals surface area contributed by atoms with Gasteiger partial charge in [0, 0.05) is 43.7 Å². The molecular formula is C17H26ClIN4OS. The topological polar surface area (TPSA) is 56.7 Å². The average Bonchev–Trinajstić information content (AvgIpc) is 2.54. The lowest BCUT2D eigenvalue weighted by atomic mass is 10.2. The molecule has 0 radical (unpaired) electrons. The minimum atomic E-state index is -0.159. The molecule has 0 aromatic heterocycles. The lowest BCUT2D eigenvalue weighted by Crippen LogP contribution is -2.51. The van der Waals surface area contributed by atoms with Crippen molar-refractivity contribution in [3.63, 3.8) is 0 Å². The first-order valence-corrected chi connectivity index (χ1v) is 9.41. The molecule has 25 heavy (non-hydrogen) atoms. The van der Waals surface area contributed by atoms with Gasteiger partial charge in [-0.3, -0.25) is 9.79 Å². The number of hydrogen-bond acceptors (Lipinski definition) is 3. The molecule has 0 aliphatic carbocycles. The van der Waals surface area contributed by atoms with Gasteiger partial charge >= 0.3 is 0 Å². The van der Waals surface area contributed by atoms with E-state index in [2.05, 4.69) is 34.4 Å². The first kappa shape index (κ1) is 22.4. The molecular weight excluding hydrogens is 471 g/mol. The van der Waals surface area contributed by atoms with Gasteiger partial charge in [0.05, 0.1) is 10.6 Å². The Morgan fingerprint density at radius 1 is 1.32 bits per heavy atom. The van der Waals surface area contributed by atoms with Gasteiger partial charge in [0.2, 0.25) is 0 Å². The molecule has 1 heterocycles. The minimum absolute atomic E-state index is 0. The zero-order chi connectivity index (χ0) is 17.6. The van der Waals surface area contributed by atoms with Crippen LogP contribution in [0, 0.1) is 0 Å². The molecule has 1 aliphatic rings. The fourth-order valence-electron chi connectivity index (χ4n) is 2.62. The van der Waals surface area contributed by atoms with Crippen LogP contribution in [0.2, 0.25) is 5.02 Å². The van der Waals surface area contributed by atoms with Gasteiger partial charge < -0.3 is 15.5 Å². The summed E-state index contributed by atoms with van der Waals surface area (Å²) in [6.07, 6.45) is 0. The number of nitrogens with one attached hydrogen (secondary N) is 2. The van der Waals surface area contributed by atoms with Crippen molar-refractivity contribution in [3.8, 4) is 0 Å². The fraction of sp³-hybridized carbons (Fsp3) is 0.529. The van der Waals surface area contributed by atoms with Crippen LogP contribution in [0.4, 0.5) is 0 Å². The van der Waals surface area contributed by atoms with Gasteiger partial charge in [-0.2, -0.15) is 11.8 Å². The van der Waals surface area contributed by atoms with Crippen molar-refractivity contribution >= 4 is 59.2 Å². The third kappa shape index (κ3) is 6.86. The Morgan fingerprint density at radius 2 is 2.00 bits per heavy atom. The molecule has 2 N–H and O–H groups in total. The lowest BCUT2D eigenvalue weighted by molar-refractivity contribution is 0.0954. The van der Waals surface area contributed by atoms with E-state index >= 15 is 0 Å². The Labute approximate surface area is 176 Å². The maximum absolute atomic E-state index is 12.1. The predicted octanol–water partition coefficient (Wildman–Crippen LogP) is 3.09. The maximum Gasteiger partial charge on any atom is 0.252 e. The number of benzene rings is 1. The van der Waals surface area contributed by atoms with Gasteiger partial charge in [-0.05, 0) is 26.0 Å². The number of thioether (sulfide) groups is 1. The van der Waals surface area contributed by atoms with Crippen LogP contribution in [0.15, 0.2) is 29.3 Å². The molecule has 8 heteroatoms. The van der Waals surface area contributed by atoms with Gasteiger partial charge in [0.25, 0.3) is 5.91 Å². The van der Waals surface area contributed by atoms with E-state index < -0.39 is 0 Å². The van der Waals surface area contributed by atoms with Crippen molar-refractivity contribution in [2.75, 3.05) is 39.0 Å². The fourth-order valence-corrected chi connectivity index (χ4v) is 3.95. The van der Waals surface area contributed by atoms with E-state index in [4.69, 9.17) is 11.6 Å². The molecule has 0 bridgehead atoms. The molecule has 1 fully saturated rings. The van der Waals surface area contributed by atoms with Gasteiger partial charge in [-0.15, -0.1) is 24.0 Å². The summed E-state index contributed by atoms with van der Waals surface area (Å²) in [6.45, 7) is 7.58. The van der Waals surface area contributed by atoms with Crippen molar-refractivity contribution in [1.82, 2.24) is 15.5 Å². The van der Waals surface area contributed by atoms with Crippen LogP contribution < -0.4 is 10.6 Å². The second kappa shape index (κ2) is 10.5. The van der Waals surface area contributed by atoms with Gasteiger partial charge in [0.15, 0.2) is 5.96 Å². The Hall–Kier alpha value is -0.670. The number of nitrogens with zero attached hydrogens (tertiary/aromatic N) is 2. The van der Waals surface area contributed by atoms with Crippen LogP contribution in [-0.4, -0.2) is 60.5 Å². The van der Waals surface area contributed by atoms with Crippen LogP contribution in [0.1, 0.15) is 24.2 Å². The summed E-state index contributed by atoms with van der Waals surface area (Å²) in [5.41, 5.74) is 0.498. The predicted molar refractivity (Wildman–Crippen MR) is 119 cm³/mol. The highest BCUT2D eigenvalue weighted by Crippen LogP contribution is 2.29. The molecule has 1 aromatic rings. The molecule has 1 aromatic carbocycles. The van der Waals surface area contributed by atoms with Crippen LogP contribution in [0.5, 0.6) is 0 Å². The number of amides is 1. The average molecular weight is 497 g/mol. The van der Waals surface area contributed by atoms with E-state index in [0.29, 0.717) is 23.7 Å². The van der Waals surface area contributed by atoms with E-state index in [9.17, 15) is 4.79 Å². The summed E-state index contributed by atoms with van der Waals surface area (Å²) < 4.78 is 0.230. The molecule has 0 unspecified atom stereocenters. The maximum atomic E-state index is 12.1. The van der Waals surface area contributed by atoms with Crippen molar-refractivity contribution in [1.29, 1.82) is 0 Å². The van der Waals surface area contributed by atoms with E-state index in [1.165, 1.54) is 0 Å². The Morgan fingerprint density at radius 3 is 2.64 bits per heavy atom. The van der Waals surface area contributed by atoms with Gasteiger partial charge in [0.1, 0.15) is 0 Å². The summed E-state index contributed by atoms with van der Waals surface area (Å²) in [6, 6.07) is 7.05. The van der Waals surface area contributed by atoms with E-state index in [-0.39, 0.29) is 34.6 Å². The summed E-state index contributed by atoms with van der Waals surface area (Å²) in [7, 11) is 1.79. The van der Waals surface area contributed by atoms with Crippen molar-refractivity contribution < 1.29 is 4.79 Å². The number of hydrogen-bond donors (Lipinski definition) is 2. The molecule has 1 amide bonds. The monoisotopic (exact) mass is 496 g/mol. The minimum Gasteiger partial charge on any atom is -0.354 e. The van der Waals surface area contributed by atoms with E-state index in [1.807, 2.05) is 17.8 Å². The highest BCUT2D eigenvalue weighted by Gasteiger charge is 2.28. The largest absolute Gasteiger partial charge is 0.354 e. The third-order valence-electron chi connectivity index (χ3n) is 3.75. The highest BCUT2D eigenvalue weighted by molar-refractivity contribution is 14.0. The van der Waals surface area contributed by atoms with Crippen LogP contribution >= 0.6 is 47.3 Å². The molecule has 1 aliphatic heterocycles. The summed E-state index contributed by atoms with van der Waals surface area (Å²) in [5, 5.41) is 6.66. The zero-order valence-electron chi connectivity index (χ0n) is 14.8. The van der Waals surface area contributed by atoms with Gasteiger partial charge in [-0.25, -0.2) is 0 Å². The van der Waals surface area contributed by atoms with Crippen LogP contribution in [-0.2, 0) is 0 Å². The third-order valence-corrected chi connectivity index (χ3v) is 5.38. The first-order chi connectivity index (χ1) is 11.4. The molecule has 0 atom stereocenters. The summed E-state index contributed by atoms with van der Waals surface area (Å²) in [5.74, 6) is 1.82.